The molecule has 0 bridgehead atoms. The van der Waals surface area contributed by atoms with Crippen LogP contribution < -0.4 is 5.32 Å². The van der Waals surface area contributed by atoms with Crippen molar-refractivity contribution in [1.82, 2.24) is 15.1 Å². The van der Waals surface area contributed by atoms with E-state index in [2.05, 4.69) is 5.32 Å². The molecule has 0 radical (unpaired) electrons. The van der Waals surface area contributed by atoms with Crippen LogP contribution in [0.15, 0.2) is 0 Å². The van der Waals surface area contributed by atoms with Crippen LogP contribution in [0.1, 0.15) is 73.1 Å². The van der Waals surface area contributed by atoms with Crippen molar-refractivity contribution in [1.29, 1.82) is 0 Å². The molecule has 3 aliphatic heterocycles. The van der Waals surface area contributed by atoms with E-state index in [1.807, 2.05) is 39.8 Å². The highest BCUT2D eigenvalue weighted by Gasteiger charge is 2.49. The molecule has 44 heavy (non-hydrogen) atoms. The van der Waals surface area contributed by atoms with Gasteiger partial charge in [-0.05, 0) is 66.0 Å². The summed E-state index contributed by atoms with van der Waals surface area (Å²) in [6.07, 6.45) is -1.59. The summed E-state index contributed by atoms with van der Waals surface area (Å²) in [5.41, 5.74) is -1.51. The second-order valence-electron chi connectivity index (χ2n) is 13.9. The number of hydrogen-bond acceptors (Lipinski definition) is 10. The number of nitrogens with one attached hydrogen (secondary N) is 1. The predicted molar refractivity (Wildman–Crippen MR) is 163 cm³/mol. The van der Waals surface area contributed by atoms with Crippen LogP contribution in [0.3, 0.4) is 0 Å². The average molecular weight is 628 g/mol. The Hall–Kier alpha value is -1.83. The Balaban J connectivity index is 2.02. The van der Waals surface area contributed by atoms with Gasteiger partial charge in [0.2, 0.25) is 11.8 Å². The first-order valence-corrected chi connectivity index (χ1v) is 16.3. The van der Waals surface area contributed by atoms with Gasteiger partial charge >= 0.3 is 5.97 Å². The fourth-order valence-electron chi connectivity index (χ4n) is 7.04. The van der Waals surface area contributed by atoms with Crippen molar-refractivity contribution in [2.75, 3.05) is 47.4 Å². The van der Waals surface area contributed by atoms with E-state index in [9.17, 15) is 24.6 Å². The van der Waals surface area contributed by atoms with E-state index >= 15 is 0 Å². The molecule has 3 fully saturated rings. The lowest BCUT2D eigenvalue weighted by atomic mass is 9.77. The Morgan fingerprint density at radius 3 is 2.43 bits per heavy atom. The van der Waals surface area contributed by atoms with Gasteiger partial charge in [-0.3, -0.25) is 14.4 Å². The van der Waals surface area contributed by atoms with Crippen LogP contribution >= 0.6 is 0 Å². The normalized spacial score (nSPS) is 39.3. The van der Waals surface area contributed by atoms with Crippen LogP contribution in [-0.2, 0) is 33.3 Å². The molecule has 3 aliphatic rings. The molecule has 10 atom stereocenters. The van der Waals surface area contributed by atoms with Gasteiger partial charge < -0.3 is 44.3 Å². The van der Waals surface area contributed by atoms with E-state index in [0.717, 1.165) is 0 Å². The van der Waals surface area contributed by atoms with Gasteiger partial charge in [-0.25, -0.2) is 0 Å². The van der Waals surface area contributed by atoms with Gasteiger partial charge in [0.05, 0.1) is 29.6 Å². The highest BCUT2D eigenvalue weighted by Crippen LogP contribution is 2.37. The number of likely N-dealkylation sites (N-methyl/N-ethyl adjacent to an activating group) is 1. The molecule has 0 spiro atoms. The molecule has 0 aromatic heterocycles. The van der Waals surface area contributed by atoms with Gasteiger partial charge in [0.1, 0.15) is 12.2 Å². The molecular weight excluding hydrogens is 570 g/mol. The Bertz CT molecular complexity index is 957. The van der Waals surface area contributed by atoms with Gasteiger partial charge in [0.15, 0.2) is 6.29 Å². The average Bonchev–Trinajstić information content (AvgIpc) is 2.96. The van der Waals surface area contributed by atoms with E-state index in [1.165, 1.54) is 0 Å². The lowest BCUT2D eigenvalue weighted by Gasteiger charge is -2.47. The van der Waals surface area contributed by atoms with E-state index in [4.69, 9.17) is 18.9 Å². The van der Waals surface area contributed by atoms with Crippen LogP contribution in [0.25, 0.3) is 0 Å². The number of amides is 2. The SMILES string of the molecule is C[C@H]1CN(C)C(=O)CCCNC(=O)[C@H](C)[C@@H](OC(=O)C2CCOCC2)[C@H](C)[C@@H](O[C@@H]2O[C@H](C)C[C@H](N(C)C)[C@H]2O)[C@](C)(O)C1. The summed E-state index contributed by atoms with van der Waals surface area (Å²) in [5.74, 6) is -2.71. The fraction of sp³-hybridized carbons (Fsp3) is 0.906. The summed E-state index contributed by atoms with van der Waals surface area (Å²) in [6.45, 7) is 10.7. The molecule has 3 rings (SSSR count). The fourth-order valence-corrected chi connectivity index (χ4v) is 7.04. The zero-order valence-corrected chi connectivity index (χ0v) is 28.0. The second kappa shape index (κ2) is 16.1. The summed E-state index contributed by atoms with van der Waals surface area (Å²) in [7, 11) is 5.51. The molecule has 3 heterocycles. The maximum Gasteiger partial charge on any atom is 0.309 e. The minimum absolute atomic E-state index is 0.0412. The number of aliphatic hydroxyl groups excluding tert-OH is 1. The van der Waals surface area contributed by atoms with Crippen LogP contribution in [0.5, 0.6) is 0 Å². The van der Waals surface area contributed by atoms with Gasteiger partial charge in [-0.15, -0.1) is 0 Å². The molecule has 0 aromatic rings. The largest absolute Gasteiger partial charge is 0.461 e. The van der Waals surface area contributed by atoms with E-state index in [-0.39, 0.29) is 48.6 Å². The van der Waals surface area contributed by atoms with Crippen molar-refractivity contribution >= 4 is 17.8 Å². The minimum Gasteiger partial charge on any atom is -0.461 e. The van der Waals surface area contributed by atoms with Crippen molar-refractivity contribution < 1.29 is 43.5 Å². The molecule has 0 aliphatic carbocycles. The number of ether oxygens (including phenoxy) is 4. The molecule has 254 valence electrons. The third kappa shape index (κ3) is 9.59. The third-order valence-electron chi connectivity index (χ3n) is 9.52. The summed E-state index contributed by atoms with van der Waals surface area (Å²) >= 11 is 0. The smallest absolute Gasteiger partial charge is 0.309 e. The highest BCUT2D eigenvalue weighted by molar-refractivity contribution is 5.80. The van der Waals surface area contributed by atoms with Crippen molar-refractivity contribution in [3.63, 3.8) is 0 Å². The Kier molecular flexibility index (Phi) is 13.4. The first-order chi connectivity index (χ1) is 20.6. The Morgan fingerprint density at radius 2 is 1.80 bits per heavy atom. The van der Waals surface area contributed by atoms with Crippen LogP contribution in [0.4, 0.5) is 0 Å². The maximum absolute atomic E-state index is 13.5. The van der Waals surface area contributed by atoms with Gasteiger partial charge in [-0.1, -0.05) is 20.8 Å². The molecule has 12 heteroatoms. The Morgan fingerprint density at radius 1 is 1.14 bits per heavy atom. The van der Waals surface area contributed by atoms with E-state index < -0.39 is 48.0 Å². The number of rotatable bonds is 5. The summed E-state index contributed by atoms with van der Waals surface area (Å²) in [4.78, 5) is 43.2. The summed E-state index contributed by atoms with van der Waals surface area (Å²) in [6, 6.07) is -0.239. The van der Waals surface area contributed by atoms with Crippen LogP contribution in [-0.4, -0.2) is 128 Å². The monoisotopic (exact) mass is 627 g/mol. The zero-order chi connectivity index (χ0) is 32.8. The molecular formula is C32H57N3O9. The second-order valence-corrected chi connectivity index (χ2v) is 13.9. The van der Waals surface area contributed by atoms with Crippen molar-refractivity contribution in [2.45, 2.75) is 115 Å². The first kappa shape index (κ1) is 36.6. The molecule has 3 N–H and O–H groups in total. The topological polar surface area (TPSA) is 147 Å². The number of aliphatic hydroxyl groups is 2. The summed E-state index contributed by atoms with van der Waals surface area (Å²) in [5, 5.41) is 26.4. The standard InChI is InChI=1S/C32H57N3O9/c1-19-17-32(5,40)28(44-31-26(37)24(34(6)7)16-20(2)42-31)21(3)27(43-30(39)23-11-14-41-15-12-23)22(4)29(38)33-13-9-10-25(36)35(8)18-19/h19-24,26-28,31,37,40H,9-18H2,1-8H3,(H,33,38)/t19-,20-,21+,22-,24+,26-,27+,28-,31+,32-/m1/s1. The maximum atomic E-state index is 13.5. The molecule has 0 saturated carbocycles. The molecule has 3 saturated heterocycles. The van der Waals surface area contributed by atoms with E-state index in [1.54, 1.807) is 25.8 Å². The molecule has 0 unspecified atom stereocenters. The molecule has 12 nitrogen and oxygen atoms in total. The van der Waals surface area contributed by atoms with Gasteiger partial charge in [-0.2, -0.15) is 0 Å². The minimum atomic E-state index is -1.51. The molecule has 2 amide bonds. The molecule has 0 aromatic carbocycles. The predicted octanol–water partition coefficient (Wildman–Crippen LogP) is 1.55. The highest BCUT2D eigenvalue weighted by atomic mass is 16.7. The third-order valence-corrected chi connectivity index (χ3v) is 9.52. The van der Waals surface area contributed by atoms with Crippen molar-refractivity contribution in [3.8, 4) is 0 Å². The zero-order valence-electron chi connectivity index (χ0n) is 28.0. The van der Waals surface area contributed by atoms with Crippen molar-refractivity contribution in [3.05, 3.63) is 0 Å². The summed E-state index contributed by atoms with van der Waals surface area (Å²) < 4.78 is 24.3. The van der Waals surface area contributed by atoms with Crippen LogP contribution in [0, 0.1) is 23.7 Å². The number of nitrogens with zero attached hydrogens (tertiary/aromatic N) is 2. The van der Waals surface area contributed by atoms with Crippen molar-refractivity contribution in [2.24, 2.45) is 23.7 Å². The van der Waals surface area contributed by atoms with Gasteiger partial charge in [0, 0.05) is 51.7 Å². The first-order valence-electron chi connectivity index (χ1n) is 16.3. The number of carbonyl (C=O) groups excluding carboxylic acids is 3. The number of hydrogen-bond donors (Lipinski definition) is 3. The van der Waals surface area contributed by atoms with Gasteiger partial charge in [0.25, 0.3) is 0 Å². The van der Waals surface area contributed by atoms with E-state index in [0.29, 0.717) is 52.0 Å². The van der Waals surface area contributed by atoms with Crippen LogP contribution in [0.2, 0.25) is 0 Å². The lowest BCUT2D eigenvalue weighted by molar-refractivity contribution is -0.299. The number of carbonyl (C=O) groups is 3. The number of esters is 1. The quantitative estimate of drug-likeness (QED) is 0.384. The Labute approximate surface area is 263 Å². The lowest BCUT2D eigenvalue weighted by Crippen LogP contribution is -2.59.